The molecule has 1 heterocycles. The van der Waals surface area contributed by atoms with Crippen LogP contribution < -0.4 is 0 Å². The first-order chi connectivity index (χ1) is 11.6. The van der Waals surface area contributed by atoms with E-state index in [1.165, 1.54) is 18.4 Å². The lowest BCUT2D eigenvalue weighted by atomic mass is 9.81. The molecule has 25 heavy (non-hydrogen) atoms. The van der Waals surface area contributed by atoms with Gasteiger partial charge in [0.2, 0.25) is 0 Å². The van der Waals surface area contributed by atoms with E-state index < -0.39 is 8.07 Å². The summed E-state index contributed by atoms with van der Waals surface area (Å²) >= 11 is 0. The van der Waals surface area contributed by atoms with Gasteiger partial charge in [-0.3, -0.25) is 0 Å². The molecule has 0 spiro atoms. The third kappa shape index (κ3) is 3.14. The van der Waals surface area contributed by atoms with Gasteiger partial charge in [0.05, 0.1) is 21.3 Å². The van der Waals surface area contributed by atoms with Crippen LogP contribution in [-0.2, 0) is 11.3 Å². The van der Waals surface area contributed by atoms with Crippen molar-refractivity contribution >= 4 is 8.07 Å². The van der Waals surface area contributed by atoms with Gasteiger partial charge in [-0.05, 0) is 45.0 Å². The van der Waals surface area contributed by atoms with Crippen LogP contribution in [0.15, 0.2) is 30.3 Å². The molecule has 2 aliphatic rings. The Bertz CT molecular complexity index is 566. The van der Waals surface area contributed by atoms with Crippen molar-refractivity contribution in [2.75, 3.05) is 6.61 Å². The van der Waals surface area contributed by atoms with Gasteiger partial charge in [-0.2, -0.15) is 0 Å². The number of rotatable bonds is 4. The second-order valence-electron chi connectivity index (χ2n) is 10.7. The highest BCUT2D eigenvalue weighted by Gasteiger charge is 2.77. The maximum atomic E-state index is 6.15. The maximum absolute atomic E-state index is 6.15. The minimum Gasteiger partial charge on any atom is -0.376 e. The molecule has 2 heteroatoms. The van der Waals surface area contributed by atoms with Crippen LogP contribution in [0.5, 0.6) is 0 Å². The molecule has 0 N–H and O–H groups in total. The number of ether oxygens (including phenoxy) is 1. The molecular formula is C23H38OSi. The molecule has 2 unspecified atom stereocenters. The molecule has 0 radical (unpaired) electrons. The molecule has 2 fully saturated rings. The maximum Gasteiger partial charge on any atom is 0.0717 e. The zero-order valence-corrected chi connectivity index (χ0v) is 18.4. The highest BCUT2D eigenvalue weighted by atomic mass is 28.3. The fourth-order valence-electron chi connectivity index (χ4n) is 7.00. The molecule has 1 saturated carbocycles. The number of benzene rings is 1. The Morgan fingerprint density at radius 3 is 2.12 bits per heavy atom. The Labute approximate surface area is 156 Å². The Balaban J connectivity index is 1.66. The number of fused-ring (bicyclic) bond motifs is 1. The van der Waals surface area contributed by atoms with Crippen molar-refractivity contribution < 1.29 is 4.74 Å². The Morgan fingerprint density at radius 1 is 0.960 bits per heavy atom. The highest BCUT2D eigenvalue weighted by molar-refractivity contribution is 6.97. The van der Waals surface area contributed by atoms with E-state index in [9.17, 15) is 0 Å². The molecule has 0 bridgehead atoms. The monoisotopic (exact) mass is 358 g/mol. The van der Waals surface area contributed by atoms with E-state index in [-0.39, 0.29) is 0 Å². The summed E-state index contributed by atoms with van der Waals surface area (Å²) in [6.45, 7) is 19.5. The minimum atomic E-state index is -1.32. The minimum absolute atomic E-state index is 0.509. The van der Waals surface area contributed by atoms with Crippen LogP contribution in [0.25, 0.3) is 0 Å². The molecule has 1 aliphatic carbocycles. The molecule has 1 nitrogen and oxygen atoms in total. The Hall–Kier alpha value is -0.603. The Morgan fingerprint density at radius 2 is 1.56 bits per heavy atom. The van der Waals surface area contributed by atoms with Crippen LogP contribution in [0.1, 0.15) is 66.9 Å². The predicted molar refractivity (Wildman–Crippen MR) is 111 cm³/mol. The van der Waals surface area contributed by atoms with Gasteiger partial charge >= 0.3 is 0 Å². The van der Waals surface area contributed by atoms with E-state index in [2.05, 4.69) is 78.8 Å². The average Bonchev–Trinajstić information content (AvgIpc) is 3.22. The smallest absolute Gasteiger partial charge is 0.0717 e. The normalized spacial score (nSPS) is 31.5. The van der Waals surface area contributed by atoms with E-state index in [1.54, 1.807) is 0 Å². The first-order valence-corrected chi connectivity index (χ1v) is 12.4. The summed E-state index contributed by atoms with van der Waals surface area (Å²) in [5, 5.41) is 1.02. The summed E-state index contributed by atoms with van der Waals surface area (Å²) in [6, 6.07) is 10.6. The molecule has 4 atom stereocenters. The second kappa shape index (κ2) is 6.53. The number of hydrogen-bond acceptors (Lipinski definition) is 1. The lowest BCUT2D eigenvalue weighted by molar-refractivity contribution is 0.0584. The van der Waals surface area contributed by atoms with Crippen LogP contribution in [0.3, 0.4) is 0 Å². The molecule has 1 aliphatic heterocycles. The number of hydrogen-bond donors (Lipinski definition) is 0. The van der Waals surface area contributed by atoms with Crippen LogP contribution in [0, 0.1) is 11.8 Å². The fraction of sp³-hybridized carbons (Fsp3) is 0.739. The molecule has 1 aromatic carbocycles. The third-order valence-electron chi connectivity index (χ3n) is 7.52. The third-order valence-corrected chi connectivity index (χ3v) is 15.9. The van der Waals surface area contributed by atoms with Crippen molar-refractivity contribution in [1.29, 1.82) is 0 Å². The van der Waals surface area contributed by atoms with Crippen molar-refractivity contribution in [3.8, 4) is 0 Å². The Kier molecular flexibility index (Phi) is 5.01. The van der Waals surface area contributed by atoms with E-state index >= 15 is 0 Å². The molecular weight excluding hydrogens is 320 g/mol. The standard InChI is InChI=1S/C23H38OSi/c1-17-19(16-24-15-18-11-9-8-10-12-18)13-14-20-21(17)25(20,22(2,3)4)23(5,6)7/h8-12,17,19-21H,13-16H2,1-7H3/t17-,19+,20?,21?/m1/s1. The highest BCUT2D eigenvalue weighted by Crippen LogP contribution is 2.83. The van der Waals surface area contributed by atoms with E-state index in [0.29, 0.717) is 10.1 Å². The summed E-state index contributed by atoms with van der Waals surface area (Å²) in [5.74, 6) is 1.59. The van der Waals surface area contributed by atoms with Gasteiger partial charge in [0.15, 0.2) is 0 Å². The molecule has 0 aromatic heterocycles. The van der Waals surface area contributed by atoms with Gasteiger partial charge < -0.3 is 4.74 Å². The largest absolute Gasteiger partial charge is 0.376 e. The molecule has 3 rings (SSSR count). The van der Waals surface area contributed by atoms with Crippen LogP contribution in [-0.4, -0.2) is 14.7 Å². The molecule has 140 valence electrons. The second-order valence-corrected chi connectivity index (χ2v) is 16.8. The van der Waals surface area contributed by atoms with E-state index in [1.807, 2.05) is 0 Å². The topological polar surface area (TPSA) is 9.23 Å². The van der Waals surface area contributed by atoms with Crippen LogP contribution in [0.4, 0.5) is 0 Å². The van der Waals surface area contributed by atoms with Crippen molar-refractivity contribution in [3.63, 3.8) is 0 Å². The lowest BCUT2D eigenvalue weighted by Crippen LogP contribution is -2.41. The fourth-order valence-corrected chi connectivity index (χ4v) is 17.1. The molecule has 0 amide bonds. The van der Waals surface area contributed by atoms with Crippen LogP contribution in [0.2, 0.25) is 21.2 Å². The molecule has 1 saturated heterocycles. The van der Waals surface area contributed by atoms with Gasteiger partial charge in [-0.25, -0.2) is 0 Å². The first kappa shape index (κ1) is 19.2. The summed E-state index contributed by atoms with van der Waals surface area (Å²) < 4.78 is 6.15. The van der Waals surface area contributed by atoms with Gasteiger partial charge in [0, 0.05) is 0 Å². The first-order valence-electron chi connectivity index (χ1n) is 10.2. The summed E-state index contributed by atoms with van der Waals surface area (Å²) in [5.41, 5.74) is 3.35. The SMILES string of the molecule is C[C@H]1C2C(CC[C@H]1COCc1ccccc1)[Si]2(C(C)(C)C)C(C)(C)C. The van der Waals surface area contributed by atoms with Gasteiger partial charge in [0.25, 0.3) is 0 Å². The predicted octanol–water partition coefficient (Wildman–Crippen LogP) is 7.05. The quantitative estimate of drug-likeness (QED) is 0.524. The van der Waals surface area contributed by atoms with Crippen molar-refractivity contribution in [3.05, 3.63) is 35.9 Å². The van der Waals surface area contributed by atoms with Crippen LogP contribution >= 0.6 is 0 Å². The van der Waals surface area contributed by atoms with Crippen molar-refractivity contribution in [2.24, 2.45) is 11.8 Å². The van der Waals surface area contributed by atoms with E-state index in [0.717, 1.165) is 36.1 Å². The zero-order valence-electron chi connectivity index (χ0n) is 17.4. The summed E-state index contributed by atoms with van der Waals surface area (Å²) in [4.78, 5) is 0. The molecule has 1 aromatic rings. The van der Waals surface area contributed by atoms with Crippen molar-refractivity contribution in [1.82, 2.24) is 0 Å². The zero-order chi connectivity index (χ0) is 18.5. The average molecular weight is 359 g/mol. The van der Waals surface area contributed by atoms with Crippen molar-refractivity contribution in [2.45, 2.75) is 89.1 Å². The summed E-state index contributed by atoms with van der Waals surface area (Å²) in [6.07, 6.45) is 2.83. The lowest BCUT2D eigenvalue weighted by Gasteiger charge is -2.43. The van der Waals surface area contributed by atoms with Gasteiger partial charge in [-0.1, -0.05) is 85.2 Å². The van der Waals surface area contributed by atoms with Gasteiger partial charge in [0.1, 0.15) is 0 Å². The summed E-state index contributed by atoms with van der Waals surface area (Å²) in [7, 11) is -1.32. The van der Waals surface area contributed by atoms with Gasteiger partial charge in [-0.15, -0.1) is 0 Å². The van der Waals surface area contributed by atoms with E-state index in [4.69, 9.17) is 4.74 Å².